The molecule has 1 N–H and O–H groups in total. The Balaban J connectivity index is 2.48. The van der Waals surface area contributed by atoms with Gasteiger partial charge in [0.1, 0.15) is 0 Å². The number of aliphatic hydroxyl groups is 1. The van der Waals surface area contributed by atoms with E-state index in [0.717, 1.165) is 19.3 Å². The van der Waals surface area contributed by atoms with E-state index in [2.05, 4.69) is 0 Å². The third-order valence-electron chi connectivity index (χ3n) is 3.13. The Morgan fingerprint density at radius 1 is 1.44 bits per heavy atom. The van der Waals surface area contributed by atoms with Gasteiger partial charge in [0.25, 0.3) is 0 Å². The van der Waals surface area contributed by atoms with Crippen molar-refractivity contribution in [2.24, 2.45) is 0 Å². The number of hydrogen-bond donors (Lipinski definition) is 1. The van der Waals surface area contributed by atoms with Gasteiger partial charge in [-0.25, -0.2) is 0 Å². The summed E-state index contributed by atoms with van der Waals surface area (Å²) in [5.74, 6) is 0. The highest BCUT2D eigenvalue weighted by Crippen LogP contribution is 2.32. The van der Waals surface area contributed by atoms with E-state index in [0.29, 0.717) is 5.25 Å². The van der Waals surface area contributed by atoms with Crippen molar-refractivity contribution in [3.8, 4) is 0 Å². The number of likely N-dealkylation sites (N-methyl/N-ethyl adjacent to an activating group) is 1. The molecule has 3 atom stereocenters. The normalized spacial score (nSPS) is 28.7. The number of thioether (sulfide) groups is 1. The summed E-state index contributed by atoms with van der Waals surface area (Å²) < 4.78 is 36.6. The minimum absolute atomic E-state index is 0.159. The SMILES string of the molecule is CS[C@@H]1CCC[C@H]1N(C)C[C@H](O)C(F)(F)F. The van der Waals surface area contributed by atoms with Gasteiger partial charge in [-0.1, -0.05) is 6.42 Å². The molecule has 1 fully saturated rings. The average molecular weight is 257 g/mol. The molecule has 0 aromatic carbocycles. The fraction of sp³-hybridized carbons (Fsp3) is 1.00. The molecular weight excluding hydrogens is 239 g/mol. The number of nitrogens with zero attached hydrogens (tertiary/aromatic N) is 1. The van der Waals surface area contributed by atoms with Crippen molar-refractivity contribution < 1.29 is 18.3 Å². The lowest BCUT2D eigenvalue weighted by atomic mass is 10.2. The second-order valence-corrected chi connectivity index (χ2v) is 5.35. The Labute approximate surface area is 98.2 Å². The summed E-state index contributed by atoms with van der Waals surface area (Å²) in [6.45, 7) is -0.328. The Kier molecular flexibility index (Phi) is 4.94. The molecule has 16 heavy (non-hydrogen) atoms. The summed E-state index contributed by atoms with van der Waals surface area (Å²) in [5.41, 5.74) is 0. The molecule has 0 amide bonds. The zero-order valence-electron chi connectivity index (χ0n) is 9.50. The number of rotatable bonds is 4. The molecular formula is C10H18F3NOS. The Morgan fingerprint density at radius 2 is 2.06 bits per heavy atom. The topological polar surface area (TPSA) is 23.5 Å². The average Bonchev–Trinajstić information content (AvgIpc) is 2.63. The van der Waals surface area contributed by atoms with Gasteiger partial charge in [0.2, 0.25) is 0 Å². The highest BCUT2D eigenvalue weighted by atomic mass is 32.2. The summed E-state index contributed by atoms with van der Waals surface area (Å²) in [5, 5.41) is 9.40. The predicted molar refractivity (Wildman–Crippen MR) is 59.6 cm³/mol. The smallest absolute Gasteiger partial charge is 0.382 e. The molecule has 2 nitrogen and oxygen atoms in total. The van der Waals surface area contributed by atoms with Gasteiger partial charge in [0, 0.05) is 17.8 Å². The zero-order chi connectivity index (χ0) is 12.3. The van der Waals surface area contributed by atoms with Gasteiger partial charge in [-0.2, -0.15) is 24.9 Å². The van der Waals surface area contributed by atoms with Crippen LogP contribution in [-0.4, -0.2) is 53.4 Å². The lowest BCUT2D eigenvalue weighted by molar-refractivity contribution is -0.208. The molecule has 0 radical (unpaired) electrons. The van der Waals surface area contributed by atoms with E-state index in [1.165, 1.54) is 0 Å². The van der Waals surface area contributed by atoms with Gasteiger partial charge in [-0.05, 0) is 26.1 Å². The van der Waals surface area contributed by atoms with Crippen LogP contribution in [0.3, 0.4) is 0 Å². The molecule has 0 aromatic rings. The molecule has 0 aromatic heterocycles. The number of halogens is 3. The number of hydrogen-bond acceptors (Lipinski definition) is 3. The van der Waals surface area contributed by atoms with E-state index >= 15 is 0 Å². The fourth-order valence-corrected chi connectivity index (χ4v) is 3.26. The monoisotopic (exact) mass is 257 g/mol. The van der Waals surface area contributed by atoms with Crippen molar-refractivity contribution in [2.75, 3.05) is 19.8 Å². The lowest BCUT2D eigenvalue weighted by Gasteiger charge is -2.30. The second-order valence-electron chi connectivity index (χ2n) is 4.27. The quantitative estimate of drug-likeness (QED) is 0.834. The minimum atomic E-state index is -4.51. The first-order valence-corrected chi connectivity index (χ1v) is 6.63. The molecule has 1 saturated carbocycles. The van der Waals surface area contributed by atoms with Crippen molar-refractivity contribution in [1.29, 1.82) is 0 Å². The zero-order valence-corrected chi connectivity index (χ0v) is 10.3. The summed E-state index contributed by atoms with van der Waals surface area (Å²) in [6, 6.07) is 0.159. The third kappa shape index (κ3) is 3.53. The predicted octanol–water partition coefficient (Wildman–Crippen LogP) is 2.13. The van der Waals surface area contributed by atoms with Gasteiger partial charge in [-0.3, -0.25) is 4.90 Å². The minimum Gasteiger partial charge on any atom is -0.382 e. The van der Waals surface area contributed by atoms with E-state index in [1.54, 1.807) is 23.7 Å². The van der Waals surface area contributed by atoms with E-state index in [1.807, 2.05) is 6.26 Å². The van der Waals surface area contributed by atoms with Gasteiger partial charge >= 0.3 is 6.18 Å². The molecule has 6 heteroatoms. The van der Waals surface area contributed by atoms with Crippen molar-refractivity contribution in [3.05, 3.63) is 0 Å². The summed E-state index contributed by atoms with van der Waals surface area (Å²) in [7, 11) is 1.66. The van der Waals surface area contributed by atoms with Gasteiger partial charge in [-0.15, -0.1) is 0 Å². The lowest BCUT2D eigenvalue weighted by Crippen LogP contribution is -2.45. The van der Waals surface area contributed by atoms with Crippen LogP contribution >= 0.6 is 11.8 Å². The van der Waals surface area contributed by atoms with E-state index in [4.69, 9.17) is 5.11 Å². The van der Waals surface area contributed by atoms with E-state index in [9.17, 15) is 13.2 Å². The third-order valence-corrected chi connectivity index (χ3v) is 4.28. The second kappa shape index (κ2) is 5.60. The Morgan fingerprint density at radius 3 is 2.56 bits per heavy atom. The number of aliphatic hydroxyl groups excluding tert-OH is 1. The molecule has 0 spiro atoms. The first-order valence-electron chi connectivity index (χ1n) is 5.34. The first-order chi connectivity index (χ1) is 7.36. The van der Waals surface area contributed by atoms with Crippen LogP contribution in [-0.2, 0) is 0 Å². The largest absolute Gasteiger partial charge is 0.415 e. The molecule has 0 saturated heterocycles. The highest BCUT2D eigenvalue weighted by Gasteiger charge is 2.40. The van der Waals surface area contributed by atoms with Crippen LogP contribution in [0.5, 0.6) is 0 Å². The van der Waals surface area contributed by atoms with Crippen LogP contribution in [0, 0.1) is 0 Å². The van der Waals surface area contributed by atoms with Crippen LogP contribution in [0.25, 0.3) is 0 Å². The van der Waals surface area contributed by atoms with Crippen LogP contribution in [0.1, 0.15) is 19.3 Å². The van der Waals surface area contributed by atoms with Crippen LogP contribution in [0.2, 0.25) is 0 Å². The van der Waals surface area contributed by atoms with E-state index in [-0.39, 0.29) is 12.6 Å². The van der Waals surface area contributed by atoms with Crippen LogP contribution < -0.4 is 0 Å². The fourth-order valence-electron chi connectivity index (χ4n) is 2.20. The Hall–Kier alpha value is 0.0600. The molecule has 0 heterocycles. The summed E-state index contributed by atoms with van der Waals surface area (Å²) >= 11 is 1.70. The maximum Gasteiger partial charge on any atom is 0.415 e. The molecule has 0 unspecified atom stereocenters. The highest BCUT2D eigenvalue weighted by molar-refractivity contribution is 7.99. The van der Waals surface area contributed by atoms with Crippen molar-refractivity contribution in [3.63, 3.8) is 0 Å². The molecule has 1 aliphatic carbocycles. The number of alkyl halides is 3. The standard InChI is InChI=1S/C10H18F3NOS/c1-14(6-9(15)10(11,12)13)7-4-3-5-8(7)16-2/h7-9,15H,3-6H2,1-2H3/t7-,8-,9+/m1/s1. The molecule has 0 aliphatic heterocycles. The van der Waals surface area contributed by atoms with Crippen LogP contribution in [0.15, 0.2) is 0 Å². The van der Waals surface area contributed by atoms with Crippen molar-refractivity contribution in [2.45, 2.75) is 42.8 Å². The molecule has 1 aliphatic rings. The maximum atomic E-state index is 12.2. The Bertz CT molecular complexity index is 225. The van der Waals surface area contributed by atoms with Gasteiger partial charge < -0.3 is 5.11 Å². The maximum absolute atomic E-state index is 12.2. The van der Waals surface area contributed by atoms with Crippen molar-refractivity contribution in [1.82, 2.24) is 4.90 Å². The van der Waals surface area contributed by atoms with Crippen molar-refractivity contribution >= 4 is 11.8 Å². The summed E-state index contributed by atoms with van der Waals surface area (Å²) in [6.07, 6.45) is -1.73. The van der Waals surface area contributed by atoms with Gasteiger partial charge in [0.15, 0.2) is 6.10 Å². The van der Waals surface area contributed by atoms with Gasteiger partial charge in [0.05, 0.1) is 0 Å². The molecule has 1 rings (SSSR count). The van der Waals surface area contributed by atoms with E-state index < -0.39 is 12.3 Å². The molecule has 0 bridgehead atoms. The van der Waals surface area contributed by atoms with Crippen LogP contribution in [0.4, 0.5) is 13.2 Å². The first kappa shape index (κ1) is 14.1. The molecule has 96 valence electrons. The summed E-state index contributed by atoms with van der Waals surface area (Å²) in [4.78, 5) is 1.65.